The third-order valence-corrected chi connectivity index (χ3v) is 6.77. The molecule has 10 nitrogen and oxygen atoms in total. The van der Waals surface area contributed by atoms with E-state index in [2.05, 4.69) is 25.0 Å². The quantitative estimate of drug-likeness (QED) is 0.401. The van der Waals surface area contributed by atoms with Gasteiger partial charge in [0.1, 0.15) is 18.9 Å². The van der Waals surface area contributed by atoms with Crippen LogP contribution in [-0.4, -0.2) is 46.4 Å². The predicted molar refractivity (Wildman–Crippen MR) is 128 cm³/mol. The number of hydrogen-bond donors (Lipinski definition) is 1. The summed E-state index contributed by atoms with van der Waals surface area (Å²) in [6.45, 7) is 0.806. The van der Waals surface area contributed by atoms with Crippen molar-refractivity contribution < 1.29 is 17.9 Å². The summed E-state index contributed by atoms with van der Waals surface area (Å²) in [4.78, 5) is 4.41. The Morgan fingerprint density at radius 1 is 0.829 bits per heavy atom. The molecule has 0 radical (unpaired) electrons. The lowest BCUT2D eigenvalue weighted by Gasteiger charge is -2.19. The minimum atomic E-state index is -3.85. The van der Waals surface area contributed by atoms with Crippen molar-refractivity contribution in [2.45, 2.75) is 4.90 Å². The summed E-state index contributed by atoms with van der Waals surface area (Å²) in [7, 11) is -3.85. The third-order valence-electron chi connectivity index (χ3n) is 5.39. The Labute approximate surface area is 200 Å². The van der Waals surface area contributed by atoms with Crippen molar-refractivity contribution in [3.63, 3.8) is 0 Å². The standard InChI is InChI=1S/C24H18N6O4S/c31-35(32,18-7-9-21-22(15-18)34-13-12-33-21)29-17-5-3-4-16(14-17)19-8-10-23-26-27-24(30(23)28-19)20-6-1-2-11-25-20/h1-11,14-15,29H,12-13H2. The number of rotatable bonds is 5. The first-order valence-corrected chi connectivity index (χ1v) is 12.2. The van der Waals surface area contributed by atoms with E-state index in [1.54, 1.807) is 47.1 Å². The van der Waals surface area contributed by atoms with Gasteiger partial charge in [0.25, 0.3) is 10.0 Å². The predicted octanol–water partition coefficient (Wildman–Crippen LogP) is 3.43. The van der Waals surface area contributed by atoms with E-state index in [0.717, 1.165) is 5.56 Å². The molecule has 6 rings (SSSR count). The van der Waals surface area contributed by atoms with Crippen LogP contribution in [0.2, 0.25) is 0 Å². The maximum absolute atomic E-state index is 13.0. The number of aromatic nitrogens is 5. The number of pyridine rings is 1. The van der Waals surface area contributed by atoms with Gasteiger partial charge in [0.05, 0.1) is 10.6 Å². The van der Waals surface area contributed by atoms with Gasteiger partial charge >= 0.3 is 0 Å². The fourth-order valence-corrected chi connectivity index (χ4v) is 4.81. The lowest BCUT2D eigenvalue weighted by Crippen LogP contribution is -2.17. The van der Waals surface area contributed by atoms with Crippen LogP contribution in [0, 0.1) is 0 Å². The minimum absolute atomic E-state index is 0.0798. The largest absolute Gasteiger partial charge is 0.486 e. The Bertz CT molecular complexity index is 1650. The van der Waals surface area contributed by atoms with Gasteiger partial charge in [-0.25, -0.2) is 8.42 Å². The third kappa shape index (κ3) is 4.02. The molecule has 174 valence electrons. The molecule has 0 saturated carbocycles. The molecule has 11 heteroatoms. The summed E-state index contributed by atoms with van der Waals surface area (Å²) < 4.78 is 41.3. The van der Waals surface area contributed by atoms with Crippen molar-refractivity contribution >= 4 is 21.4 Å². The lowest BCUT2D eigenvalue weighted by molar-refractivity contribution is 0.171. The summed E-state index contributed by atoms with van der Waals surface area (Å²) >= 11 is 0. The van der Waals surface area contributed by atoms with E-state index in [1.165, 1.54) is 12.1 Å². The van der Waals surface area contributed by atoms with Crippen LogP contribution in [0.15, 0.2) is 83.9 Å². The zero-order chi connectivity index (χ0) is 23.8. The molecule has 4 heterocycles. The smallest absolute Gasteiger partial charge is 0.262 e. The van der Waals surface area contributed by atoms with Crippen LogP contribution in [-0.2, 0) is 10.0 Å². The van der Waals surface area contributed by atoms with E-state index in [-0.39, 0.29) is 4.90 Å². The monoisotopic (exact) mass is 486 g/mol. The van der Waals surface area contributed by atoms with Gasteiger partial charge in [0.2, 0.25) is 5.82 Å². The number of hydrogen-bond acceptors (Lipinski definition) is 8. The van der Waals surface area contributed by atoms with Crippen molar-refractivity contribution in [2.24, 2.45) is 0 Å². The van der Waals surface area contributed by atoms with Crippen LogP contribution in [0.4, 0.5) is 5.69 Å². The minimum Gasteiger partial charge on any atom is -0.486 e. The number of fused-ring (bicyclic) bond motifs is 2. The summed E-state index contributed by atoms with van der Waals surface area (Å²) in [5.74, 6) is 1.44. The average molecular weight is 487 g/mol. The van der Waals surface area contributed by atoms with E-state index in [4.69, 9.17) is 9.47 Å². The summed E-state index contributed by atoms with van der Waals surface area (Å²) in [5.41, 5.74) is 2.95. The van der Waals surface area contributed by atoms with Gasteiger partial charge in [0, 0.05) is 23.5 Å². The van der Waals surface area contributed by atoms with Crippen LogP contribution in [0.5, 0.6) is 11.5 Å². The Balaban J connectivity index is 1.32. The van der Waals surface area contributed by atoms with Crippen molar-refractivity contribution in [3.05, 3.63) is 79.0 Å². The fraction of sp³-hybridized carbons (Fsp3) is 0.0833. The second kappa shape index (κ2) is 8.37. The van der Waals surface area contributed by atoms with E-state index in [9.17, 15) is 8.42 Å². The maximum atomic E-state index is 13.0. The van der Waals surface area contributed by atoms with Crippen LogP contribution in [0.1, 0.15) is 0 Å². The lowest BCUT2D eigenvalue weighted by atomic mass is 10.1. The Morgan fingerprint density at radius 3 is 2.57 bits per heavy atom. The second-order valence-corrected chi connectivity index (χ2v) is 9.40. The number of benzene rings is 2. The van der Waals surface area contributed by atoms with Gasteiger partial charge in [-0.15, -0.1) is 10.2 Å². The molecule has 0 fully saturated rings. The van der Waals surface area contributed by atoms with E-state index < -0.39 is 10.0 Å². The van der Waals surface area contributed by atoms with Gasteiger partial charge < -0.3 is 9.47 Å². The highest BCUT2D eigenvalue weighted by molar-refractivity contribution is 7.92. The van der Waals surface area contributed by atoms with Crippen LogP contribution >= 0.6 is 0 Å². The van der Waals surface area contributed by atoms with Gasteiger partial charge in [-0.1, -0.05) is 18.2 Å². The van der Waals surface area contributed by atoms with E-state index in [1.807, 2.05) is 24.3 Å². The Morgan fingerprint density at radius 2 is 1.71 bits per heavy atom. The van der Waals surface area contributed by atoms with Crippen molar-refractivity contribution in [1.29, 1.82) is 0 Å². The highest BCUT2D eigenvalue weighted by atomic mass is 32.2. The maximum Gasteiger partial charge on any atom is 0.262 e. The summed E-state index contributed by atoms with van der Waals surface area (Å²) in [6.07, 6.45) is 1.68. The second-order valence-electron chi connectivity index (χ2n) is 7.72. The fourth-order valence-electron chi connectivity index (χ4n) is 3.74. The molecule has 5 aromatic rings. The highest BCUT2D eigenvalue weighted by Crippen LogP contribution is 2.33. The zero-order valence-electron chi connectivity index (χ0n) is 18.2. The van der Waals surface area contributed by atoms with E-state index in [0.29, 0.717) is 53.3 Å². The zero-order valence-corrected chi connectivity index (χ0v) is 19.0. The van der Waals surface area contributed by atoms with Crippen LogP contribution in [0.3, 0.4) is 0 Å². The number of nitrogens with one attached hydrogen (secondary N) is 1. The molecular weight excluding hydrogens is 468 g/mol. The molecule has 35 heavy (non-hydrogen) atoms. The Hall–Kier alpha value is -4.51. The van der Waals surface area contributed by atoms with Crippen molar-refractivity contribution in [2.75, 3.05) is 17.9 Å². The molecule has 1 aliphatic heterocycles. The van der Waals surface area contributed by atoms with Gasteiger partial charge in [-0.05, 0) is 48.5 Å². The molecule has 1 aliphatic rings. The molecule has 0 saturated heterocycles. The molecule has 3 aromatic heterocycles. The molecule has 0 aliphatic carbocycles. The number of ether oxygens (including phenoxy) is 2. The summed E-state index contributed by atoms with van der Waals surface area (Å²) in [5, 5.41) is 13.0. The molecule has 0 amide bonds. The van der Waals surface area contributed by atoms with Crippen LogP contribution in [0.25, 0.3) is 28.4 Å². The first kappa shape index (κ1) is 21.1. The number of anilines is 1. The highest BCUT2D eigenvalue weighted by Gasteiger charge is 2.20. The van der Waals surface area contributed by atoms with Gasteiger partial charge in [-0.2, -0.15) is 9.61 Å². The molecule has 0 spiro atoms. The van der Waals surface area contributed by atoms with E-state index >= 15 is 0 Å². The molecule has 2 aromatic carbocycles. The van der Waals surface area contributed by atoms with Gasteiger partial charge in [0.15, 0.2) is 17.1 Å². The summed E-state index contributed by atoms with van der Waals surface area (Å²) in [6, 6.07) is 20.7. The van der Waals surface area contributed by atoms with Crippen LogP contribution < -0.4 is 14.2 Å². The normalized spacial score (nSPS) is 13.0. The first-order chi connectivity index (χ1) is 17.1. The topological polar surface area (TPSA) is 121 Å². The Kier molecular flexibility index (Phi) is 5.03. The SMILES string of the molecule is O=S(=O)(Nc1cccc(-c2ccc3nnc(-c4ccccn4)n3n2)c1)c1ccc2c(c1)OCCO2. The number of sulfonamides is 1. The molecule has 1 N–H and O–H groups in total. The molecule has 0 bridgehead atoms. The molecule has 0 unspecified atom stereocenters. The first-order valence-electron chi connectivity index (χ1n) is 10.7. The number of nitrogens with zero attached hydrogens (tertiary/aromatic N) is 5. The van der Waals surface area contributed by atoms with Crippen molar-refractivity contribution in [3.8, 4) is 34.3 Å². The van der Waals surface area contributed by atoms with Gasteiger partial charge in [-0.3, -0.25) is 9.71 Å². The average Bonchev–Trinajstić information content (AvgIpc) is 3.32. The van der Waals surface area contributed by atoms with Crippen molar-refractivity contribution in [1.82, 2.24) is 24.8 Å². The molecule has 0 atom stereocenters. The molecular formula is C24H18N6O4S.